The van der Waals surface area contributed by atoms with E-state index in [9.17, 15) is 9.59 Å². The summed E-state index contributed by atoms with van der Waals surface area (Å²) in [4.78, 5) is 22.6. The molecule has 1 atom stereocenters. The Hall–Kier alpha value is -1.35. The average Bonchev–Trinajstić information content (AvgIpc) is 2.44. The summed E-state index contributed by atoms with van der Waals surface area (Å²) in [5.41, 5.74) is 1.34. The Morgan fingerprint density at radius 2 is 2.27 bits per heavy atom. The molecule has 15 heavy (non-hydrogen) atoms. The number of Topliss-reactive ketones (excluding diaryl/α,β-unsaturated/α-hetero) is 1. The molecule has 3 nitrogen and oxygen atoms in total. The molecule has 2 rings (SSSR count). The molecule has 1 unspecified atom stereocenters. The SMILES string of the molecule is CC(=O)OC1Cc2cccc(Cl)c2C1=O. The average molecular weight is 225 g/mol. The van der Waals surface area contributed by atoms with Crippen LogP contribution in [0.4, 0.5) is 0 Å². The molecule has 0 fully saturated rings. The molecule has 0 saturated heterocycles. The van der Waals surface area contributed by atoms with E-state index in [1.54, 1.807) is 12.1 Å². The Morgan fingerprint density at radius 3 is 2.87 bits per heavy atom. The van der Waals surface area contributed by atoms with Crippen molar-refractivity contribution in [2.45, 2.75) is 19.4 Å². The van der Waals surface area contributed by atoms with E-state index in [4.69, 9.17) is 16.3 Å². The fraction of sp³-hybridized carbons (Fsp3) is 0.273. The number of fused-ring (bicyclic) bond motifs is 1. The summed E-state index contributed by atoms with van der Waals surface area (Å²) in [5, 5.41) is 0.423. The Kier molecular flexibility index (Phi) is 2.49. The fourth-order valence-corrected chi connectivity index (χ4v) is 2.05. The van der Waals surface area contributed by atoms with Gasteiger partial charge in [-0.25, -0.2) is 0 Å². The van der Waals surface area contributed by atoms with Gasteiger partial charge in [0.1, 0.15) is 0 Å². The van der Waals surface area contributed by atoms with E-state index in [2.05, 4.69) is 0 Å². The minimum atomic E-state index is -0.697. The second-order valence-corrected chi connectivity index (χ2v) is 3.85. The van der Waals surface area contributed by atoms with Crippen molar-refractivity contribution in [3.8, 4) is 0 Å². The molecular formula is C11H9ClO3. The van der Waals surface area contributed by atoms with Gasteiger partial charge >= 0.3 is 5.97 Å². The van der Waals surface area contributed by atoms with Crippen molar-refractivity contribution in [3.05, 3.63) is 34.3 Å². The first kappa shape index (κ1) is 10.2. The van der Waals surface area contributed by atoms with E-state index in [0.717, 1.165) is 5.56 Å². The van der Waals surface area contributed by atoms with Gasteiger partial charge in [-0.15, -0.1) is 0 Å². The fourth-order valence-electron chi connectivity index (χ4n) is 1.76. The second-order valence-electron chi connectivity index (χ2n) is 3.44. The number of esters is 1. The van der Waals surface area contributed by atoms with E-state index in [1.165, 1.54) is 6.92 Å². The van der Waals surface area contributed by atoms with Crippen LogP contribution in [-0.2, 0) is 16.0 Å². The lowest BCUT2D eigenvalue weighted by Crippen LogP contribution is -2.22. The summed E-state index contributed by atoms with van der Waals surface area (Å²) < 4.78 is 4.91. The van der Waals surface area contributed by atoms with Crippen LogP contribution in [-0.4, -0.2) is 17.9 Å². The number of rotatable bonds is 1. The highest BCUT2D eigenvalue weighted by atomic mass is 35.5. The number of ether oxygens (including phenoxy) is 1. The van der Waals surface area contributed by atoms with E-state index < -0.39 is 12.1 Å². The van der Waals surface area contributed by atoms with Crippen LogP contribution in [0.1, 0.15) is 22.8 Å². The van der Waals surface area contributed by atoms with Gasteiger partial charge in [0.25, 0.3) is 0 Å². The molecule has 0 amide bonds. The van der Waals surface area contributed by atoms with Crippen LogP contribution in [0, 0.1) is 0 Å². The van der Waals surface area contributed by atoms with Crippen molar-refractivity contribution in [2.24, 2.45) is 0 Å². The summed E-state index contributed by atoms with van der Waals surface area (Å²) >= 11 is 5.91. The summed E-state index contributed by atoms with van der Waals surface area (Å²) in [7, 11) is 0. The van der Waals surface area contributed by atoms with Crippen LogP contribution in [0.25, 0.3) is 0 Å². The quantitative estimate of drug-likeness (QED) is 0.686. The van der Waals surface area contributed by atoms with Crippen LogP contribution >= 0.6 is 11.6 Å². The molecular weight excluding hydrogens is 216 g/mol. The third-order valence-electron chi connectivity index (χ3n) is 2.35. The van der Waals surface area contributed by atoms with E-state index >= 15 is 0 Å². The summed E-state index contributed by atoms with van der Waals surface area (Å²) in [6.45, 7) is 1.29. The number of hydrogen-bond acceptors (Lipinski definition) is 3. The highest BCUT2D eigenvalue weighted by Crippen LogP contribution is 2.30. The number of halogens is 1. The molecule has 0 radical (unpaired) electrons. The molecule has 1 aromatic carbocycles. The van der Waals surface area contributed by atoms with Crippen molar-refractivity contribution >= 4 is 23.4 Å². The minimum absolute atomic E-state index is 0.203. The van der Waals surface area contributed by atoms with Crippen molar-refractivity contribution in [1.82, 2.24) is 0 Å². The van der Waals surface area contributed by atoms with Gasteiger partial charge in [-0.2, -0.15) is 0 Å². The molecule has 1 aromatic rings. The van der Waals surface area contributed by atoms with Gasteiger partial charge in [0.05, 0.1) is 5.02 Å². The van der Waals surface area contributed by atoms with Gasteiger partial charge in [-0.3, -0.25) is 9.59 Å². The lowest BCUT2D eigenvalue weighted by atomic mass is 10.1. The minimum Gasteiger partial charge on any atom is -0.454 e. The van der Waals surface area contributed by atoms with Gasteiger partial charge in [0.2, 0.25) is 5.78 Å². The maximum absolute atomic E-state index is 11.8. The Morgan fingerprint density at radius 1 is 1.53 bits per heavy atom. The number of carbonyl (C=O) groups excluding carboxylic acids is 2. The number of hydrogen-bond donors (Lipinski definition) is 0. The maximum atomic E-state index is 11.8. The zero-order chi connectivity index (χ0) is 11.0. The Bertz CT molecular complexity index is 439. The maximum Gasteiger partial charge on any atom is 0.303 e. The molecule has 0 aliphatic heterocycles. The van der Waals surface area contributed by atoms with Crippen LogP contribution in [0.2, 0.25) is 5.02 Å². The monoisotopic (exact) mass is 224 g/mol. The highest BCUT2D eigenvalue weighted by Gasteiger charge is 2.34. The molecule has 0 aromatic heterocycles. The first-order valence-corrected chi connectivity index (χ1v) is 4.96. The molecule has 78 valence electrons. The van der Waals surface area contributed by atoms with Gasteiger partial charge in [0.15, 0.2) is 6.10 Å². The van der Waals surface area contributed by atoms with Gasteiger partial charge in [0, 0.05) is 18.9 Å². The zero-order valence-electron chi connectivity index (χ0n) is 8.12. The molecule has 0 N–H and O–H groups in total. The predicted molar refractivity (Wildman–Crippen MR) is 55.0 cm³/mol. The highest BCUT2D eigenvalue weighted by molar-refractivity contribution is 6.34. The van der Waals surface area contributed by atoms with Crippen LogP contribution in [0.5, 0.6) is 0 Å². The number of carbonyl (C=O) groups is 2. The molecule has 0 spiro atoms. The lowest BCUT2D eigenvalue weighted by Gasteiger charge is -2.07. The summed E-state index contributed by atoms with van der Waals surface area (Å²) in [6.07, 6.45) is -0.272. The number of ketones is 1. The largest absolute Gasteiger partial charge is 0.454 e. The first-order valence-electron chi connectivity index (χ1n) is 4.58. The van der Waals surface area contributed by atoms with Crippen molar-refractivity contribution in [1.29, 1.82) is 0 Å². The molecule has 0 saturated carbocycles. The van der Waals surface area contributed by atoms with Gasteiger partial charge < -0.3 is 4.74 Å². The predicted octanol–water partition coefficient (Wildman–Crippen LogP) is 2.01. The van der Waals surface area contributed by atoms with Crippen molar-refractivity contribution in [3.63, 3.8) is 0 Å². The topological polar surface area (TPSA) is 43.4 Å². The van der Waals surface area contributed by atoms with Gasteiger partial charge in [-0.1, -0.05) is 23.7 Å². The van der Waals surface area contributed by atoms with Crippen molar-refractivity contribution < 1.29 is 14.3 Å². The standard InChI is InChI=1S/C11H9ClO3/c1-6(13)15-9-5-7-3-2-4-8(12)10(7)11(9)14/h2-4,9H,5H2,1H3. The third kappa shape index (κ3) is 1.75. The molecule has 4 heteroatoms. The van der Waals surface area contributed by atoms with Crippen LogP contribution in [0.3, 0.4) is 0 Å². The van der Waals surface area contributed by atoms with E-state index in [1.807, 2.05) is 6.07 Å². The summed E-state index contributed by atoms with van der Waals surface area (Å²) in [6, 6.07) is 5.27. The lowest BCUT2D eigenvalue weighted by molar-refractivity contribution is -0.144. The summed E-state index contributed by atoms with van der Waals surface area (Å²) in [5.74, 6) is -0.650. The third-order valence-corrected chi connectivity index (χ3v) is 2.67. The zero-order valence-corrected chi connectivity index (χ0v) is 8.88. The molecule has 1 aliphatic carbocycles. The normalized spacial score (nSPS) is 18.8. The number of benzene rings is 1. The second kappa shape index (κ2) is 3.66. The van der Waals surface area contributed by atoms with Gasteiger partial charge in [-0.05, 0) is 11.6 Å². The first-order chi connectivity index (χ1) is 7.09. The van der Waals surface area contributed by atoms with Crippen molar-refractivity contribution in [2.75, 3.05) is 0 Å². The Balaban J connectivity index is 2.34. The smallest absolute Gasteiger partial charge is 0.303 e. The van der Waals surface area contributed by atoms with E-state index in [0.29, 0.717) is 17.0 Å². The molecule has 0 heterocycles. The molecule has 0 bridgehead atoms. The Labute approximate surface area is 92.0 Å². The van der Waals surface area contributed by atoms with Crippen LogP contribution in [0.15, 0.2) is 18.2 Å². The molecule has 1 aliphatic rings. The van der Waals surface area contributed by atoms with Crippen LogP contribution < -0.4 is 0 Å². The van der Waals surface area contributed by atoms with E-state index in [-0.39, 0.29) is 5.78 Å².